The Morgan fingerprint density at radius 3 is 2.54 bits per heavy atom. The molecule has 0 N–H and O–H groups in total. The zero-order valence-corrected chi connectivity index (χ0v) is 8.49. The van der Waals surface area contributed by atoms with Crippen LogP contribution < -0.4 is 0 Å². The van der Waals surface area contributed by atoms with Gasteiger partial charge in [0.25, 0.3) is 0 Å². The molecule has 70 valence electrons. The van der Waals surface area contributed by atoms with E-state index in [-0.39, 0.29) is 0 Å². The van der Waals surface area contributed by atoms with Crippen LogP contribution >= 0.6 is 0 Å². The molecule has 2 heteroatoms. The fourth-order valence-corrected chi connectivity index (χ4v) is 0.748. The predicted molar refractivity (Wildman–Crippen MR) is 60.6 cm³/mol. The topological polar surface area (TPSA) is 24.7 Å². The van der Waals surface area contributed by atoms with Crippen LogP contribution in [0, 0.1) is 0 Å². The summed E-state index contributed by atoms with van der Waals surface area (Å²) in [5.41, 5.74) is 1.86. The Labute approximate surface area is 80.1 Å². The number of hydrogen-bond acceptors (Lipinski definition) is 2. The van der Waals surface area contributed by atoms with Gasteiger partial charge < -0.3 is 0 Å². The van der Waals surface area contributed by atoms with Gasteiger partial charge in [0, 0.05) is 30.7 Å². The number of hydrogen-bond donors (Lipinski definition) is 0. The lowest BCUT2D eigenvalue weighted by Crippen LogP contribution is -1.84. The van der Waals surface area contributed by atoms with Crippen LogP contribution in [-0.4, -0.2) is 19.5 Å². The molecule has 0 heterocycles. The van der Waals surface area contributed by atoms with E-state index in [4.69, 9.17) is 0 Å². The van der Waals surface area contributed by atoms with Gasteiger partial charge in [0.15, 0.2) is 0 Å². The third-order valence-electron chi connectivity index (χ3n) is 1.45. The molecule has 0 aliphatic heterocycles. The fraction of sp³-hybridized carbons (Fsp3) is 0.273. The molecule has 0 radical (unpaired) electrons. The molecule has 2 nitrogen and oxygen atoms in total. The van der Waals surface area contributed by atoms with Gasteiger partial charge in [-0.15, -0.1) is 0 Å². The minimum atomic E-state index is 0.915. The molecule has 0 saturated heterocycles. The SMILES string of the molecule is C=C\C(C=NC)=C(C)/N=C\C=C/C. The standard InChI is InChI=1S/C11H16N2/c1-5-7-8-13-10(3)11(6-2)9-12-4/h5-9H,2H2,1,3-4H3/b7-5-,11-10+,12-9?,13-8-. The maximum absolute atomic E-state index is 4.21. The van der Waals surface area contributed by atoms with Crippen molar-refractivity contribution in [3.63, 3.8) is 0 Å². The van der Waals surface area contributed by atoms with Crippen molar-refractivity contribution in [3.05, 3.63) is 36.1 Å². The number of rotatable bonds is 4. The molecule has 0 spiro atoms. The van der Waals surface area contributed by atoms with E-state index in [0.29, 0.717) is 0 Å². The molecule has 0 amide bonds. The van der Waals surface area contributed by atoms with E-state index in [1.807, 2.05) is 26.0 Å². The number of allylic oxidation sites excluding steroid dienone is 5. The van der Waals surface area contributed by atoms with Crippen molar-refractivity contribution in [2.24, 2.45) is 9.98 Å². The van der Waals surface area contributed by atoms with Crippen LogP contribution in [0.3, 0.4) is 0 Å². The van der Waals surface area contributed by atoms with E-state index >= 15 is 0 Å². The highest BCUT2D eigenvalue weighted by Crippen LogP contribution is 2.03. The van der Waals surface area contributed by atoms with Gasteiger partial charge in [-0.05, 0) is 19.9 Å². The smallest absolute Gasteiger partial charge is 0.0459 e. The summed E-state index contributed by atoms with van der Waals surface area (Å²) in [4.78, 5) is 8.12. The summed E-state index contributed by atoms with van der Waals surface area (Å²) in [6.07, 6.45) is 9.05. The summed E-state index contributed by atoms with van der Waals surface area (Å²) >= 11 is 0. The molecule has 0 aromatic heterocycles. The first kappa shape index (κ1) is 11.6. The zero-order chi connectivity index (χ0) is 10.1. The van der Waals surface area contributed by atoms with Crippen molar-refractivity contribution in [2.45, 2.75) is 13.8 Å². The summed E-state index contributed by atoms with van der Waals surface area (Å²) in [6, 6.07) is 0. The number of aliphatic imine (C=N–C) groups is 2. The summed E-state index contributed by atoms with van der Waals surface area (Å²) < 4.78 is 0. The molecular formula is C11H16N2. The summed E-state index contributed by atoms with van der Waals surface area (Å²) in [6.45, 7) is 7.57. The van der Waals surface area contributed by atoms with Crippen LogP contribution in [-0.2, 0) is 0 Å². The van der Waals surface area contributed by atoms with Gasteiger partial charge in [0.05, 0.1) is 0 Å². The average Bonchev–Trinajstić information content (AvgIpc) is 2.14. The highest BCUT2D eigenvalue weighted by Gasteiger charge is 1.90. The largest absolute Gasteiger partial charge is 0.296 e. The molecule has 13 heavy (non-hydrogen) atoms. The van der Waals surface area contributed by atoms with Gasteiger partial charge in [0.2, 0.25) is 0 Å². The van der Waals surface area contributed by atoms with Crippen LogP contribution in [0.2, 0.25) is 0 Å². The Morgan fingerprint density at radius 1 is 1.38 bits per heavy atom. The Bertz CT molecular complexity index is 268. The summed E-state index contributed by atoms with van der Waals surface area (Å²) in [7, 11) is 1.73. The Balaban J connectivity index is 4.65. The maximum Gasteiger partial charge on any atom is 0.0459 e. The van der Waals surface area contributed by atoms with E-state index in [1.54, 1.807) is 25.6 Å². The van der Waals surface area contributed by atoms with Gasteiger partial charge in [-0.3, -0.25) is 9.98 Å². The van der Waals surface area contributed by atoms with Gasteiger partial charge in [-0.25, -0.2) is 0 Å². The lowest BCUT2D eigenvalue weighted by Gasteiger charge is -1.95. The molecule has 0 aliphatic rings. The van der Waals surface area contributed by atoms with E-state index in [1.165, 1.54) is 0 Å². The van der Waals surface area contributed by atoms with Crippen LogP contribution in [0.5, 0.6) is 0 Å². The van der Waals surface area contributed by atoms with Crippen molar-refractivity contribution >= 4 is 12.4 Å². The lowest BCUT2D eigenvalue weighted by molar-refractivity contribution is 1.29. The van der Waals surface area contributed by atoms with Crippen molar-refractivity contribution in [3.8, 4) is 0 Å². The second-order valence-electron chi connectivity index (χ2n) is 2.44. The molecule has 0 aliphatic carbocycles. The second kappa shape index (κ2) is 7.22. The monoisotopic (exact) mass is 176 g/mol. The van der Waals surface area contributed by atoms with Gasteiger partial charge >= 0.3 is 0 Å². The first-order chi connectivity index (χ1) is 6.26. The van der Waals surface area contributed by atoms with Gasteiger partial charge in [-0.2, -0.15) is 0 Å². The van der Waals surface area contributed by atoms with Gasteiger partial charge in [0.1, 0.15) is 0 Å². The summed E-state index contributed by atoms with van der Waals surface area (Å²) in [5, 5.41) is 0. The first-order valence-corrected chi connectivity index (χ1v) is 4.17. The van der Waals surface area contributed by atoms with Crippen LogP contribution in [0.25, 0.3) is 0 Å². The van der Waals surface area contributed by atoms with Crippen LogP contribution in [0.15, 0.2) is 46.1 Å². The molecule has 0 aromatic rings. The highest BCUT2D eigenvalue weighted by atomic mass is 14.7. The molecule has 0 fully saturated rings. The Hall–Kier alpha value is -1.44. The normalized spacial score (nSPS) is 14.4. The molecule has 0 aromatic carbocycles. The molecular weight excluding hydrogens is 160 g/mol. The van der Waals surface area contributed by atoms with Crippen LogP contribution in [0.1, 0.15) is 13.8 Å². The lowest BCUT2D eigenvalue weighted by atomic mass is 10.2. The van der Waals surface area contributed by atoms with Crippen LogP contribution in [0.4, 0.5) is 0 Å². The van der Waals surface area contributed by atoms with Crippen molar-refractivity contribution in [1.82, 2.24) is 0 Å². The number of nitrogens with zero attached hydrogens (tertiary/aromatic N) is 2. The van der Waals surface area contributed by atoms with E-state index < -0.39 is 0 Å². The first-order valence-electron chi connectivity index (χ1n) is 4.17. The Kier molecular flexibility index (Phi) is 6.42. The molecule has 0 unspecified atom stereocenters. The van der Waals surface area contributed by atoms with Crippen molar-refractivity contribution in [1.29, 1.82) is 0 Å². The molecule has 0 saturated carbocycles. The minimum absolute atomic E-state index is 0.915. The summed E-state index contributed by atoms with van der Waals surface area (Å²) in [5.74, 6) is 0. The fourth-order valence-electron chi connectivity index (χ4n) is 0.748. The molecule has 0 atom stereocenters. The third-order valence-corrected chi connectivity index (χ3v) is 1.45. The van der Waals surface area contributed by atoms with E-state index in [9.17, 15) is 0 Å². The maximum atomic E-state index is 4.21. The molecule has 0 rings (SSSR count). The van der Waals surface area contributed by atoms with E-state index in [0.717, 1.165) is 11.3 Å². The van der Waals surface area contributed by atoms with Gasteiger partial charge in [-0.1, -0.05) is 18.7 Å². The Morgan fingerprint density at radius 2 is 2.08 bits per heavy atom. The van der Waals surface area contributed by atoms with Crippen molar-refractivity contribution < 1.29 is 0 Å². The van der Waals surface area contributed by atoms with Crippen molar-refractivity contribution in [2.75, 3.05) is 7.05 Å². The third kappa shape index (κ3) is 4.90. The zero-order valence-electron chi connectivity index (χ0n) is 8.49. The molecule has 0 bridgehead atoms. The quantitative estimate of drug-likeness (QED) is 0.465. The second-order valence-corrected chi connectivity index (χ2v) is 2.44. The minimum Gasteiger partial charge on any atom is -0.296 e. The predicted octanol–water partition coefficient (Wildman–Crippen LogP) is 2.79. The van der Waals surface area contributed by atoms with E-state index in [2.05, 4.69) is 16.6 Å². The average molecular weight is 176 g/mol. The highest BCUT2D eigenvalue weighted by molar-refractivity contribution is 5.84.